The van der Waals surface area contributed by atoms with Crippen LogP contribution in [-0.4, -0.2) is 27.6 Å². The Bertz CT molecular complexity index is 1170. The van der Waals surface area contributed by atoms with Crippen LogP contribution in [0.25, 0.3) is 16.9 Å². The van der Waals surface area contributed by atoms with Crippen LogP contribution in [0.5, 0.6) is 0 Å². The number of hydrogen-bond donors (Lipinski definition) is 1. The molecule has 0 radical (unpaired) electrons. The summed E-state index contributed by atoms with van der Waals surface area (Å²) in [6.45, 7) is 4.29. The van der Waals surface area contributed by atoms with Crippen molar-refractivity contribution in [3.63, 3.8) is 0 Å². The SMILES string of the molecule is CCC(C)c1cnn2c(NC(=O)c3cc[n+](OC)cc3)cc(-c3ccccc3)nc12. The lowest BCUT2D eigenvalue weighted by Gasteiger charge is -2.12. The van der Waals surface area contributed by atoms with Crippen LogP contribution >= 0.6 is 0 Å². The summed E-state index contributed by atoms with van der Waals surface area (Å²) in [7, 11) is 1.56. The van der Waals surface area contributed by atoms with Crippen molar-refractivity contribution in [1.29, 1.82) is 0 Å². The number of carbonyl (C=O) groups is 1. The molecule has 0 bridgehead atoms. The van der Waals surface area contributed by atoms with Crippen molar-refractivity contribution in [2.24, 2.45) is 0 Å². The quantitative estimate of drug-likeness (QED) is 0.501. The Kier molecular flexibility index (Phi) is 5.43. The van der Waals surface area contributed by atoms with Gasteiger partial charge in [-0.1, -0.05) is 44.2 Å². The molecule has 152 valence electrons. The van der Waals surface area contributed by atoms with Gasteiger partial charge < -0.3 is 5.32 Å². The molecule has 4 aromatic rings. The summed E-state index contributed by atoms with van der Waals surface area (Å²) in [5, 5.41) is 7.50. The highest BCUT2D eigenvalue weighted by atomic mass is 16.6. The first-order valence-electron chi connectivity index (χ1n) is 9.92. The standard InChI is InChI=1S/C23H23N5O2/c1-4-16(2)19-15-24-28-21(26-23(29)18-10-12-27(30-3)13-11-18)14-20(25-22(19)28)17-8-6-5-7-9-17/h5-16H,4H2,1-3H3/p+1. The molecule has 1 amide bonds. The van der Waals surface area contributed by atoms with Crippen LogP contribution in [0.4, 0.5) is 5.82 Å². The number of carbonyl (C=O) groups excluding carboxylic acids is 1. The summed E-state index contributed by atoms with van der Waals surface area (Å²) >= 11 is 0. The van der Waals surface area contributed by atoms with E-state index < -0.39 is 0 Å². The Hall–Kier alpha value is -3.74. The Labute approximate surface area is 174 Å². The Morgan fingerprint density at radius 3 is 2.60 bits per heavy atom. The lowest BCUT2D eigenvalue weighted by atomic mass is 10.0. The van der Waals surface area contributed by atoms with Crippen LogP contribution in [0, 0.1) is 0 Å². The van der Waals surface area contributed by atoms with Crippen molar-refractivity contribution in [3.8, 4) is 11.3 Å². The zero-order chi connectivity index (χ0) is 21.1. The molecule has 3 aromatic heterocycles. The molecule has 4 rings (SSSR count). The lowest BCUT2D eigenvalue weighted by Crippen LogP contribution is -2.39. The fourth-order valence-corrected chi connectivity index (χ4v) is 3.27. The summed E-state index contributed by atoms with van der Waals surface area (Å²) in [4.78, 5) is 22.8. The van der Waals surface area contributed by atoms with Crippen molar-refractivity contribution >= 4 is 17.4 Å². The molecule has 0 saturated heterocycles. The molecule has 7 nitrogen and oxygen atoms in total. The van der Waals surface area contributed by atoms with E-state index in [1.807, 2.05) is 42.6 Å². The Morgan fingerprint density at radius 2 is 1.93 bits per heavy atom. The van der Waals surface area contributed by atoms with E-state index >= 15 is 0 Å². The maximum absolute atomic E-state index is 12.9. The molecule has 3 heterocycles. The maximum Gasteiger partial charge on any atom is 0.257 e. The highest BCUT2D eigenvalue weighted by Gasteiger charge is 2.18. The van der Waals surface area contributed by atoms with Crippen LogP contribution in [0.2, 0.25) is 0 Å². The number of fused-ring (bicyclic) bond motifs is 1. The van der Waals surface area contributed by atoms with Gasteiger partial charge in [-0.2, -0.15) is 9.61 Å². The average molecular weight is 402 g/mol. The average Bonchev–Trinajstić information content (AvgIpc) is 3.23. The Balaban J connectivity index is 1.79. The number of benzene rings is 1. The predicted molar refractivity (Wildman–Crippen MR) is 114 cm³/mol. The minimum atomic E-state index is -0.231. The number of anilines is 1. The Morgan fingerprint density at radius 1 is 1.20 bits per heavy atom. The third-order valence-electron chi connectivity index (χ3n) is 5.23. The fourth-order valence-electron chi connectivity index (χ4n) is 3.27. The molecule has 7 heteroatoms. The monoisotopic (exact) mass is 402 g/mol. The first-order chi connectivity index (χ1) is 14.6. The number of aromatic nitrogens is 4. The first-order valence-corrected chi connectivity index (χ1v) is 9.92. The normalized spacial score (nSPS) is 12.0. The van der Waals surface area contributed by atoms with Gasteiger partial charge in [-0.15, -0.1) is 0 Å². The summed E-state index contributed by atoms with van der Waals surface area (Å²) in [6.07, 6.45) is 6.18. The molecular weight excluding hydrogens is 378 g/mol. The topological polar surface area (TPSA) is 72.4 Å². The predicted octanol–water partition coefficient (Wildman–Crippen LogP) is 3.51. The van der Waals surface area contributed by atoms with E-state index in [9.17, 15) is 4.79 Å². The van der Waals surface area contributed by atoms with Gasteiger partial charge in [0.2, 0.25) is 12.4 Å². The smallest absolute Gasteiger partial charge is 0.257 e. The van der Waals surface area contributed by atoms with Crippen LogP contribution in [0.15, 0.2) is 67.1 Å². The molecule has 30 heavy (non-hydrogen) atoms. The summed E-state index contributed by atoms with van der Waals surface area (Å²) in [6, 6.07) is 15.2. The van der Waals surface area contributed by atoms with Gasteiger partial charge in [0.15, 0.2) is 5.65 Å². The molecule has 0 fully saturated rings. The molecule has 0 saturated carbocycles. The zero-order valence-corrected chi connectivity index (χ0v) is 17.2. The second-order valence-electron chi connectivity index (χ2n) is 7.12. The highest BCUT2D eigenvalue weighted by molar-refractivity contribution is 6.04. The van der Waals surface area contributed by atoms with Crippen molar-refractivity contribution in [3.05, 3.63) is 78.2 Å². The largest absolute Gasteiger partial charge is 0.306 e. The molecular formula is C23H24N5O2+. The second kappa shape index (κ2) is 8.32. The number of amides is 1. The first kappa shape index (κ1) is 19.6. The van der Waals surface area contributed by atoms with Crippen molar-refractivity contribution in [2.75, 3.05) is 12.4 Å². The third kappa shape index (κ3) is 3.74. The summed E-state index contributed by atoms with van der Waals surface area (Å²) in [5.41, 5.74) is 4.10. The molecule has 1 N–H and O–H groups in total. The summed E-state index contributed by atoms with van der Waals surface area (Å²) in [5.74, 6) is 0.649. The van der Waals surface area contributed by atoms with E-state index in [1.54, 1.807) is 36.2 Å². The molecule has 1 atom stereocenters. The molecule has 0 spiro atoms. The zero-order valence-electron chi connectivity index (χ0n) is 17.2. The van der Waals surface area contributed by atoms with Gasteiger partial charge in [-0.05, 0) is 12.3 Å². The maximum atomic E-state index is 12.9. The lowest BCUT2D eigenvalue weighted by molar-refractivity contribution is -0.885. The summed E-state index contributed by atoms with van der Waals surface area (Å²) < 4.78 is 3.21. The van der Waals surface area contributed by atoms with Gasteiger partial charge in [0.05, 0.1) is 17.5 Å². The van der Waals surface area contributed by atoms with E-state index in [-0.39, 0.29) is 5.91 Å². The van der Waals surface area contributed by atoms with E-state index in [0.29, 0.717) is 17.3 Å². The molecule has 0 aliphatic rings. The minimum Gasteiger partial charge on any atom is -0.306 e. The number of hydrogen-bond acceptors (Lipinski definition) is 4. The van der Waals surface area contributed by atoms with E-state index in [4.69, 9.17) is 9.82 Å². The van der Waals surface area contributed by atoms with Gasteiger partial charge in [0.1, 0.15) is 12.9 Å². The highest BCUT2D eigenvalue weighted by Crippen LogP contribution is 2.28. The number of nitrogens with zero attached hydrogens (tertiary/aromatic N) is 4. The van der Waals surface area contributed by atoms with Crippen LogP contribution < -0.4 is 14.9 Å². The third-order valence-corrected chi connectivity index (χ3v) is 5.23. The van der Waals surface area contributed by atoms with Crippen molar-refractivity contribution < 1.29 is 14.4 Å². The fraction of sp³-hybridized carbons (Fsp3) is 0.217. The van der Waals surface area contributed by atoms with Gasteiger partial charge in [0, 0.05) is 34.1 Å². The molecule has 1 unspecified atom stereocenters. The second-order valence-corrected chi connectivity index (χ2v) is 7.12. The molecule has 0 aliphatic heterocycles. The number of pyridine rings is 1. The van der Waals surface area contributed by atoms with E-state index in [0.717, 1.165) is 28.9 Å². The molecule has 0 aliphatic carbocycles. The van der Waals surface area contributed by atoms with Gasteiger partial charge in [-0.25, -0.2) is 4.98 Å². The van der Waals surface area contributed by atoms with Gasteiger partial charge in [0.25, 0.3) is 5.91 Å². The molecule has 1 aromatic carbocycles. The van der Waals surface area contributed by atoms with E-state index in [2.05, 4.69) is 24.3 Å². The minimum absolute atomic E-state index is 0.231. The van der Waals surface area contributed by atoms with Crippen LogP contribution in [0.1, 0.15) is 42.1 Å². The van der Waals surface area contributed by atoms with Crippen molar-refractivity contribution in [2.45, 2.75) is 26.2 Å². The number of rotatable bonds is 6. The van der Waals surface area contributed by atoms with Crippen LogP contribution in [0.3, 0.4) is 0 Å². The van der Waals surface area contributed by atoms with Crippen LogP contribution in [-0.2, 0) is 0 Å². The van der Waals surface area contributed by atoms with Gasteiger partial charge >= 0.3 is 0 Å². The van der Waals surface area contributed by atoms with Crippen molar-refractivity contribution in [1.82, 2.24) is 14.6 Å². The van der Waals surface area contributed by atoms with E-state index in [1.165, 1.54) is 4.73 Å². The number of nitrogens with one attached hydrogen (secondary N) is 1. The van der Waals surface area contributed by atoms with Gasteiger partial charge in [-0.3, -0.25) is 9.63 Å².